The number of hydrogen-bond donors (Lipinski definition) is 0. The minimum Gasteiger partial charge on any atom is -0.352 e. The smallest absolute Gasteiger partial charge is 0.352 e. The molecule has 1 aliphatic carbocycles. The molecule has 2 nitrogen and oxygen atoms in total. The number of ether oxygens (including phenoxy) is 2. The van der Waals surface area contributed by atoms with Crippen LogP contribution in [0.1, 0.15) is 55.1 Å². The molecular formula is C18H21F3O2. The second-order valence-electron chi connectivity index (χ2n) is 5.71. The molecule has 0 spiro atoms. The number of methoxy groups -OCH3 is 2. The normalized spacial score (nSPS) is 16.3. The van der Waals surface area contributed by atoms with E-state index in [-0.39, 0.29) is 5.92 Å². The third-order valence-electron chi connectivity index (χ3n) is 4.08. The van der Waals surface area contributed by atoms with Crippen molar-refractivity contribution in [1.82, 2.24) is 0 Å². The Hall–Kier alpha value is -1.51. The van der Waals surface area contributed by atoms with Crippen LogP contribution < -0.4 is 0 Å². The highest BCUT2D eigenvalue weighted by molar-refractivity contribution is 5.45. The van der Waals surface area contributed by atoms with Crippen LogP contribution in [-0.4, -0.2) is 14.2 Å². The van der Waals surface area contributed by atoms with Crippen LogP contribution in [0.5, 0.6) is 0 Å². The Morgan fingerprint density at radius 1 is 1.09 bits per heavy atom. The second kappa shape index (κ2) is 7.85. The number of benzene rings is 1. The molecule has 2 rings (SSSR count). The predicted molar refractivity (Wildman–Crippen MR) is 81.7 cm³/mol. The summed E-state index contributed by atoms with van der Waals surface area (Å²) in [5.41, 5.74) is 0.130. The van der Waals surface area contributed by atoms with E-state index in [2.05, 4.69) is 11.8 Å². The molecule has 5 heteroatoms. The highest BCUT2D eigenvalue weighted by Crippen LogP contribution is 2.32. The van der Waals surface area contributed by atoms with E-state index in [0.717, 1.165) is 37.8 Å². The van der Waals surface area contributed by atoms with E-state index in [0.29, 0.717) is 11.1 Å². The predicted octanol–water partition coefficient (Wildman–Crippen LogP) is 4.93. The fraction of sp³-hybridized carbons (Fsp3) is 0.556. The first-order valence-corrected chi connectivity index (χ1v) is 7.74. The minimum atomic E-state index is -4.39. The zero-order valence-electron chi connectivity index (χ0n) is 13.4. The van der Waals surface area contributed by atoms with Crippen molar-refractivity contribution in [3.63, 3.8) is 0 Å². The molecule has 1 aliphatic rings. The van der Waals surface area contributed by atoms with Crippen LogP contribution in [0.25, 0.3) is 0 Å². The lowest BCUT2D eigenvalue weighted by atomic mass is 9.89. The Labute approximate surface area is 135 Å². The topological polar surface area (TPSA) is 18.5 Å². The molecule has 0 aliphatic heterocycles. The van der Waals surface area contributed by atoms with Gasteiger partial charge in [0.15, 0.2) is 6.29 Å². The zero-order chi connectivity index (χ0) is 16.9. The summed E-state index contributed by atoms with van der Waals surface area (Å²) in [5.74, 6) is 6.33. The van der Waals surface area contributed by atoms with E-state index in [1.54, 1.807) is 0 Å². The number of rotatable bonds is 3. The van der Waals surface area contributed by atoms with Crippen molar-refractivity contribution in [3.05, 3.63) is 34.9 Å². The molecule has 1 saturated carbocycles. The van der Waals surface area contributed by atoms with Crippen LogP contribution in [-0.2, 0) is 15.7 Å². The average molecular weight is 326 g/mol. The summed E-state index contributed by atoms with van der Waals surface area (Å²) in [6.07, 6.45) is 0.380. The molecule has 0 atom stereocenters. The molecule has 0 heterocycles. The fourth-order valence-corrected chi connectivity index (χ4v) is 2.82. The Morgan fingerprint density at radius 3 is 2.30 bits per heavy atom. The highest BCUT2D eigenvalue weighted by Gasteiger charge is 2.31. The Kier molecular flexibility index (Phi) is 6.09. The third-order valence-corrected chi connectivity index (χ3v) is 4.08. The Balaban J connectivity index is 2.37. The Morgan fingerprint density at radius 2 is 1.74 bits per heavy atom. The lowest BCUT2D eigenvalue weighted by molar-refractivity contribution is -0.137. The quantitative estimate of drug-likeness (QED) is 0.579. The van der Waals surface area contributed by atoms with E-state index in [4.69, 9.17) is 9.47 Å². The first kappa shape index (κ1) is 17.8. The maximum absolute atomic E-state index is 12.9. The fourth-order valence-electron chi connectivity index (χ4n) is 2.82. The van der Waals surface area contributed by atoms with E-state index in [1.165, 1.54) is 26.7 Å². The van der Waals surface area contributed by atoms with Gasteiger partial charge in [-0.2, -0.15) is 13.2 Å². The molecule has 0 saturated heterocycles. The number of halogens is 3. The molecule has 0 radical (unpaired) electrons. The third kappa shape index (κ3) is 4.73. The van der Waals surface area contributed by atoms with Crippen molar-refractivity contribution < 1.29 is 22.6 Å². The second-order valence-corrected chi connectivity index (χ2v) is 5.71. The van der Waals surface area contributed by atoms with Crippen molar-refractivity contribution in [3.8, 4) is 11.8 Å². The first-order valence-electron chi connectivity index (χ1n) is 7.74. The van der Waals surface area contributed by atoms with Gasteiger partial charge in [0.1, 0.15) is 0 Å². The highest BCUT2D eigenvalue weighted by atomic mass is 19.4. The van der Waals surface area contributed by atoms with Crippen molar-refractivity contribution in [1.29, 1.82) is 0 Å². The van der Waals surface area contributed by atoms with Gasteiger partial charge in [0.25, 0.3) is 0 Å². The summed E-state index contributed by atoms with van der Waals surface area (Å²) in [7, 11) is 2.90. The van der Waals surface area contributed by atoms with E-state index in [9.17, 15) is 13.2 Å². The number of alkyl halides is 3. The van der Waals surface area contributed by atoms with Crippen LogP contribution >= 0.6 is 0 Å². The van der Waals surface area contributed by atoms with Gasteiger partial charge in [-0.25, -0.2) is 0 Å². The van der Waals surface area contributed by atoms with E-state index < -0.39 is 18.0 Å². The molecule has 0 N–H and O–H groups in total. The summed E-state index contributed by atoms with van der Waals surface area (Å²) in [6, 6.07) is 3.49. The van der Waals surface area contributed by atoms with Crippen LogP contribution in [0.3, 0.4) is 0 Å². The minimum absolute atomic E-state index is 0.259. The van der Waals surface area contributed by atoms with E-state index in [1.807, 2.05) is 0 Å². The van der Waals surface area contributed by atoms with Gasteiger partial charge in [0.2, 0.25) is 0 Å². The monoisotopic (exact) mass is 326 g/mol. The van der Waals surface area contributed by atoms with Crippen molar-refractivity contribution in [2.45, 2.75) is 44.6 Å². The van der Waals surface area contributed by atoms with Gasteiger partial charge in [-0.1, -0.05) is 37.2 Å². The van der Waals surface area contributed by atoms with Crippen molar-refractivity contribution in [2.24, 2.45) is 5.92 Å². The Bertz CT molecular complexity index is 574. The van der Waals surface area contributed by atoms with Crippen LogP contribution in [0.15, 0.2) is 18.2 Å². The van der Waals surface area contributed by atoms with Gasteiger partial charge in [0.05, 0.1) is 5.56 Å². The summed E-state index contributed by atoms with van der Waals surface area (Å²) < 4.78 is 49.2. The van der Waals surface area contributed by atoms with Gasteiger partial charge in [0, 0.05) is 31.3 Å². The maximum atomic E-state index is 12.9. The van der Waals surface area contributed by atoms with Gasteiger partial charge in [-0.15, -0.1) is 0 Å². The first-order chi connectivity index (χ1) is 11.0. The summed E-state index contributed by atoms with van der Waals surface area (Å²) in [6.45, 7) is 0. The summed E-state index contributed by atoms with van der Waals surface area (Å²) >= 11 is 0. The van der Waals surface area contributed by atoms with Crippen LogP contribution in [0, 0.1) is 17.8 Å². The van der Waals surface area contributed by atoms with Gasteiger partial charge in [-0.3, -0.25) is 0 Å². The molecule has 0 unspecified atom stereocenters. The maximum Gasteiger partial charge on any atom is 0.416 e. The molecular weight excluding hydrogens is 305 g/mol. The molecule has 23 heavy (non-hydrogen) atoms. The molecule has 0 bridgehead atoms. The molecule has 126 valence electrons. The van der Waals surface area contributed by atoms with Gasteiger partial charge < -0.3 is 9.47 Å². The van der Waals surface area contributed by atoms with Crippen LogP contribution in [0.4, 0.5) is 13.2 Å². The summed E-state index contributed by atoms with van der Waals surface area (Å²) in [5, 5.41) is 0. The molecule has 0 aromatic heterocycles. The van der Waals surface area contributed by atoms with Crippen LogP contribution in [0.2, 0.25) is 0 Å². The standard InChI is InChI=1S/C18H21F3O2/c1-22-17(23-2)16-11-10-15(18(19,20)21)12-14(16)9-8-13-6-4-3-5-7-13/h10-13,17H,3-7H2,1-2H3. The van der Waals surface area contributed by atoms with Crippen molar-refractivity contribution >= 4 is 0 Å². The SMILES string of the molecule is COC(OC)c1ccc(C(F)(F)F)cc1C#CC1CCCCC1. The zero-order valence-corrected chi connectivity index (χ0v) is 13.4. The van der Waals surface area contributed by atoms with Crippen molar-refractivity contribution in [2.75, 3.05) is 14.2 Å². The lowest BCUT2D eigenvalue weighted by Crippen LogP contribution is -2.10. The largest absolute Gasteiger partial charge is 0.416 e. The molecule has 1 fully saturated rings. The van der Waals surface area contributed by atoms with E-state index >= 15 is 0 Å². The molecule has 0 amide bonds. The van der Waals surface area contributed by atoms with Gasteiger partial charge in [-0.05, 0) is 25.0 Å². The average Bonchev–Trinajstić information content (AvgIpc) is 2.55. The lowest BCUT2D eigenvalue weighted by Gasteiger charge is -2.18. The molecule has 1 aromatic rings. The summed E-state index contributed by atoms with van der Waals surface area (Å²) in [4.78, 5) is 0. The molecule has 1 aromatic carbocycles. The van der Waals surface area contributed by atoms with Gasteiger partial charge >= 0.3 is 6.18 Å². The number of hydrogen-bond acceptors (Lipinski definition) is 2.